The van der Waals surface area contributed by atoms with Gasteiger partial charge in [-0.05, 0) is 41.5 Å². The van der Waals surface area contributed by atoms with Crippen molar-refractivity contribution in [1.29, 1.82) is 0 Å². The molecule has 0 fully saturated rings. The number of nitrogens with two attached hydrogens (primary N) is 1. The van der Waals surface area contributed by atoms with E-state index in [1.807, 2.05) is 0 Å². The third-order valence-corrected chi connectivity index (χ3v) is 4.39. The first-order chi connectivity index (χ1) is 11.4. The lowest BCUT2D eigenvalue weighted by molar-refractivity contribution is -0.167. The van der Waals surface area contributed by atoms with Crippen LogP contribution in [0.4, 0.5) is 4.79 Å². The molecule has 0 saturated carbocycles. The van der Waals surface area contributed by atoms with Crippen LogP contribution in [0.15, 0.2) is 0 Å². The van der Waals surface area contributed by atoms with Gasteiger partial charge in [-0.1, -0.05) is 0 Å². The topological polar surface area (TPSA) is 162 Å². The van der Waals surface area contributed by atoms with Gasteiger partial charge in [0.25, 0.3) is 0 Å². The number of carboxylic acid groups (broad SMARTS) is 1. The number of carboxylic acids is 1. The molecular formula is C15H28N2O8S. The second kappa shape index (κ2) is 8.21. The highest BCUT2D eigenvalue weighted by Crippen LogP contribution is 2.16. The van der Waals surface area contributed by atoms with Gasteiger partial charge in [-0.25, -0.2) is 22.8 Å². The van der Waals surface area contributed by atoms with Crippen LogP contribution in [0.5, 0.6) is 0 Å². The summed E-state index contributed by atoms with van der Waals surface area (Å²) in [4.78, 5) is 34.9. The molecule has 0 bridgehead atoms. The molecule has 0 aliphatic rings. The highest BCUT2D eigenvalue weighted by Gasteiger charge is 2.48. The maximum Gasteiger partial charge on any atom is 0.407 e. The Morgan fingerprint density at radius 3 is 1.85 bits per heavy atom. The number of esters is 1. The fraction of sp³-hybridized carbons (Fsp3) is 0.800. The van der Waals surface area contributed by atoms with E-state index >= 15 is 0 Å². The molecule has 0 aromatic heterocycles. The summed E-state index contributed by atoms with van der Waals surface area (Å²) in [6, 6.07) is 0. The van der Waals surface area contributed by atoms with Gasteiger partial charge in [-0.2, -0.15) is 0 Å². The van der Waals surface area contributed by atoms with Crippen molar-refractivity contribution in [3.8, 4) is 0 Å². The molecule has 0 saturated heterocycles. The maximum atomic E-state index is 12.1. The Labute approximate surface area is 153 Å². The molecule has 26 heavy (non-hydrogen) atoms. The van der Waals surface area contributed by atoms with Crippen molar-refractivity contribution in [3.05, 3.63) is 0 Å². The van der Waals surface area contributed by atoms with Gasteiger partial charge in [0.05, 0.1) is 11.5 Å². The Bertz CT molecular complexity index is 646. The van der Waals surface area contributed by atoms with Crippen LogP contribution >= 0.6 is 0 Å². The molecular weight excluding hydrogens is 368 g/mol. The second-order valence-electron chi connectivity index (χ2n) is 7.80. The fourth-order valence-electron chi connectivity index (χ4n) is 1.62. The Hall–Kier alpha value is -1.88. The van der Waals surface area contributed by atoms with Gasteiger partial charge in [0.2, 0.25) is 5.54 Å². The predicted octanol–water partition coefficient (Wildman–Crippen LogP) is 0.0497. The van der Waals surface area contributed by atoms with E-state index in [0.29, 0.717) is 0 Å². The Morgan fingerprint density at radius 2 is 1.46 bits per heavy atom. The SMILES string of the molecule is CC(C)(C)OC(=O)NCCS(=O)(=O)C[C@@](N)(C(=O)O)C(=O)OC(C)(C)C. The molecule has 0 heterocycles. The van der Waals surface area contributed by atoms with Gasteiger partial charge >= 0.3 is 18.0 Å². The first-order valence-corrected chi connectivity index (χ1v) is 9.63. The highest BCUT2D eigenvalue weighted by atomic mass is 32.2. The summed E-state index contributed by atoms with van der Waals surface area (Å²) in [5.74, 6) is -4.97. The number of sulfone groups is 1. The van der Waals surface area contributed by atoms with Crippen LogP contribution in [0.2, 0.25) is 0 Å². The number of ether oxygens (including phenoxy) is 2. The van der Waals surface area contributed by atoms with Gasteiger partial charge in [-0.3, -0.25) is 0 Å². The van der Waals surface area contributed by atoms with Crippen molar-refractivity contribution in [2.24, 2.45) is 5.73 Å². The van der Waals surface area contributed by atoms with Crippen LogP contribution in [-0.4, -0.2) is 66.3 Å². The number of alkyl carbamates (subject to hydrolysis) is 1. The lowest BCUT2D eigenvalue weighted by Gasteiger charge is -2.28. The van der Waals surface area contributed by atoms with Crippen molar-refractivity contribution in [2.45, 2.75) is 58.3 Å². The fourth-order valence-corrected chi connectivity index (χ4v) is 3.11. The van der Waals surface area contributed by atoms with E-state index in [1.165, 1.54) is 20.8 Å². The molecule has 0 aromatic rings. The minimum atomic E-state index is -4.10. The maximum absolute atomic E-state index is 12.1. The lowest BCUT2D eigenvalue weighted by atomic mass is 10.0. The van der Waals surface area contributed by atoms with Crippen molar-refractivity contribution in [1.82, 2.24) is 5.32 Å². The molecule has 0 radical (unpaired) electrons. The minimum Gasteiger partial charge on any atom is -0.479 e. The summed E-state index contributed by atoms with van der Waals surface area (Å²) in [6.45, 7) is 9.06. The van der Waals surface area contributed by atoms with Crippen LogP contribution < -0.4 is 11.1 Å². The first kappa shape index (κ1) is 24.1. The third-order valence-electron chi connectivity index (χ3n) is 2.67. The molecule has 152 valence electrons. The van der Waals surface area contributed by atoms with E-state index in [-0.39, 0.29) is 6.54 Å². The molecule has 0 aliphatic carbocycles. The Kier molecular flexibility index (Phi) is 7.62. The first-order valence-electron chi connectivity index (χ1n) is 7.81. The molecule has 1 atom stereocenters. The number of amides is 1. The molecule has 10 nitrogen and oxygen atoms in total. The predicted molar refractivity (Wildman–Crippen MR) is 93.3 cm³/mol. The van der Waals surface area contributed by atoms with Crippen LogP contribution in [-0.2, 0) is 28.9 Å². The zero-order valence-corrected chi connectivity index (χ0v) is 16.7. The molecule has 0 aromatic carbocycles. The van der Waals surface area contributed by atoms with E-state index < -0.39 is 56.1 Å². The van der Waals surface area contributed by atoms with Crippen LogP contribution in [0.3, 0.4) is 0 Å². The molecule has 0 aliphatic heterocycles. The lowest BCUT2D eigenvalue weighted by Crippen LogP contribution is -2.61. The van der Waals surface area contributed by atoms with Crippen LogP contribution in [0, 0.1) is 0 Å². The van der Waals surface area contributed by atoms with Crippen LogP contribution in [0.1, 0.15) is 41.5 Å². The Morgan fingerprint density at radius 1 is 1.00 bits per heavy atom. The average Bonchev–Trinajstić information content (AvgIpc) is 2.32. The van der Waals surface area contributed by atoms with E-state index in [9.17, 15) is 27.9 Å². The third kappa shape index (κ3) is 8.99. The van der Waals surface area contributed by atoms with Gasteiger partial charge in [0.15, 0.2) is 9.84 Å². The van der Waals surface area contributed by atoms with Crippen LogP contribution in [0.25, 0.3) is 0 Å². The summed E-state index contributed by atoms with van der Waals surface area (Å²) in [7, 11) is -4.10. The van der Waals surface area contributed by atoms with E-state index in [0.717, 1.165) is 0 Å². The Balaban J connectivity index is 4.99. The summed E-state index contributed by atoms with van der Waals surface area (Å²) < 4.78 is 34.1. The quantitative estimate of drug-likeness (QED) is 0.398. The van der Waals surface area contributed by atoms with Gasteiger partial charge in [-0.15, -0.1) is 0 Å². The normalized spacial score (nSPS) is 14.9. The average molecular weight is 396 g/mol. The van der Waals surface area contributed by atoms with E-state index in [4.69, 9.17) is 15.2 Å². The number of rotatable bonds is 7. The monoisotopic (exact) mass is 396 g/mol. The van der Waals surface area contributed by atoms with Gasteiger partial charge < -0.3 is 25.6 Å². The summed E-state index contributed by atoms with van der Waals surface area (Å²) >= 11 is 0. The summed E-state index contributed by atoms with van der Waals surface area (Å²) in [5, 5.41) is 11.5. The molecule has 0 unspecified atom stereocenters. The molecule has 0 spiro atoms. The number of carbonyl (C=O) groups excluding carboxylic acids is 2. The summed E-state index contributed by atoms with van der Waals surface area (Å²) in [5.41, 5.74) is 0.978. The number of hydrogen-bond donors (Lipinski definition) is 3. The molecule has 1 amide bonds. The highest BCUT2D eigenvalue weighted by molar-refractivity contribution is 7.91. The van der Waals surface area contributed by atoms with E-state index in [1.54, 1.807) is 20.8 Å². The molecule has 4 N–H and O–H groups in total. The number of aliphatic carboxylic acids is 1. The zero-order valence-electron chi connectivity index (χ0n) is 15.9. The number of nitrogens with one attached hydrogen (secondary N) is 1. The standard InChI is InChI=1S/C15H28N2O8S/c1-13(2,3)24-11(20)15(16,10(18)19)9-26(22,23)8-7-17-12(21)25-14(4,5)6/h7-9,16H2,1-6H3,(H,17,21)(H,18,19)/t15-/m1/s1. The van der Waals surface area contributed by atoms with Gasteiger partial charge in [0.1, 0.15) is 11.2 Å². The smallest absolute Gasteiger partial charge is 0.407 e. The van der Waals surface area contributed by atoms with Gasteiger partial charge in [0, 0.05) is 6.54 Å². The number of hydrogen-bond acceptors (Lipinski definition) is 8. The van der Waals surface area contributed by atoms with E-state index in [2.05, 4.69) is 5.32 Å². The van der Waals surface area contributed by atoms with Crippen molar-refractivity contribution >= 4 is 27.9 Å². The zero-order chi connectivity index (χ0) is 21.0. The second-order valence-corrected chi connectivity index (χ2v) is 9.98. The van der Waals surface area contributed by atoms with Crippen molar-refractivity contribution in [3.63, 3.8) is 0 Å². The molecule has 0 rings (SSSR count). The summed E-state index contributed by atoms with van der Waals surface area (Å²) in [6.07, 6.45) is -0.822. The number of carbonyl (C=O) groups is 3. The van der Waals surface area contributed by atoms with Crippen molar-refractivity contribution < 1.29 is 37.4 Å². The largest absolute Gasteiger partial charge is 0.479 e. The minimum absolute atomic E-state index is 0.332. The van der Waals surface area contributed by atoms with Crippen molar-refractivity contribution in [2.75, 3.05) is 18.1 Å². The molecule has 11 heteroatoms.